The number of benzene rings is 1. The van der Waals surface area contributed by atoms with Crippen molar-refractivity contribution in [2.75, 3.05) is 19.6 Å². The van der Waals surface area contributed by atoms with Crippen molar-refractivity contribution in [3.05, 3.63) is 47.5 Å². The number of aryl methyl sites for hydroxylation is 1. The summed E-state index contributed by atoms with van der Waals surface area (Å²) in [5, 5.41) is 0. The molecule has 2 heteroatoms. The Morgan fingerprint density at radius 3 is 2.67 bits per heavy atom. The molecule has 0 bridgehead atoms. The van der Waals surface area contributed by atoms with Gasteiger partial charge in [0.25, 0.3) is 0 Å². The third-order valence-electron chi connectivity index (χ3n) is 3.46. The van der Waals surface area contributed by atoms with Crippen molar-refractivity contribution in [2.45, 2.75) is 26.2 Å². The van der Waals surface area contributed by atoms with E-state index in [2.05, 4.69) is 11.5 Å². The fourth-order valence-electron chi connectivity index (χ4n) is 2.45. The van der Waals surface area contributed by atoms with Crippen LogP contribution in [0.1, 0.15) is 35.2 Å². The number of rotatable bonds is 4. The van der Waals surface area contributed by atoms with Crippen LogP contribution in [0.4, 0.5) is 0 Å². The quantitative estimate of drug-likeness (QED) is 0.598. The maximum absolute atomic E-state index is 12.2. The van der Waals surface area contributed by atoms with Gasteiger partial charge in [-0.15, -0.1) is 0 Å². The standard InChI is InChI=1S/C16H21NO/c1-13-7-6-8-15(11-13)16(18)14(2)12-17-9-4-3-5-10-17/h6-8,11H,2-5,9-10,12H2,1H3. The predicted molar refractivity (Wildman–Crippen MR) is 74.9 cm³/mol. The normalized spacial score (nSPS) is 16.5. The number of likely N-dealkylation sites (tertiary alicyclic amines) is 1. The zero-order valence-electron chi connectivity index (χ0n) is 11.1. The molecule has 0 aliphatic carbocycles. The number of Topliss-reactive ketones (excluding diaryl/α,β-unsaturated/α-hetero) is 1. The van der Waals surface area contributed by atoms with E-state index >= 15 is 0 Å². The highest BCUT2D eigenvalue weighted by Crippen LogP contribution is 2.14. The summed E-state index contributed by atoms with van der Waals surface area (Å²) in [7, 11) is 0. The fraction of sp³-hybridized carbons (Fsp3) is 0.438. The first-order valence-electron chi connectivity index (χ1n) is 6.68. The molecule has 1 aliphatic heterocycles. The monoisotopic (exact) mass is 243 g/mol. The molecule has 1 heterocycles. The number of nitrogens with zero attached hydrogens (tertiary/aromatic N) is 1. The number of piperidine rings is 1. The minimum Gasteiger partial charge on any atom is -0.299 e. The highest BCUT2D eigenvalue weighted by atomic mass is 16.1. The lowest BCUT2D eigenvalue weighted by molar-refractivity contribution is 0.102. The average molecular weight is 243 g/mol. The molecule has 0 saturated carbocycles. The second-order valence-electron chi connectivity index (χ2n) is 5.14. The van der Waals surface area contributed by atoms with Crippen molar-refractivity contribution in [3.8, 4) is 0 Å². The Labute approximate surface area is 109 Å². The predicted octanol–water partition coefficient (Wildman–Crippen LogP) is 3.22. The summed E-state index contributed by atoms with van der Waals surface area (Å²) in [4.78, 5) is 14.6. The van der Waals surface area contributed by atoms with E-state index < -0.39 is 0 Å². The van der Waals surface area contributed by atoms with Crippen molar-refractivity contribution >= 4 is 5.78 Å². The average Bonchev–Trinajstić information content (AvgIpc) is 2.39. The zero-order valence-corrected chi connectivity index (χ0v) is 11.1. The van der Waals surface area contributed by atoms with Crippen LogP contribution in [0.25, 0.3) is 0 Å². The van der Waals surface area contributed by atoms with E-state index in [9.17, 15) is 4.79 Å². The third kappa shape index (κ3) is 3.30. The molecule has 1 aliphatic rings. The van der Waals surface area contributed by atoms with E-state index in [1.165, 1.54) is 19.3 Å². The third-order valence-corrected chi connectivity index (χ3v) is 3.46. The van der Waals surface area contributed by atoms with Gasteiger partial charge in [0.2, 0.25) is 0 Å². The molecule has 1 fully saturated rings. The molecule has 1 aromatic carbocycles. The molecule has 0 amide bonds. The highest BCUT2D eigenvalue weighted by molar-refractivity contribution is 6.08. The van der Waals surface area contributed by atoms with Gasteiger partial charge in [-0.3, -0.25) is 9.69 Å². The summed E-state index contributed by atoms with van der Waals surface area (Å²) in [5.41, 5.74) is 2.59. The Kier molecular flexibility index (Phi) is 4.32. The number of hydrogen-bond acceptors (Lipinski definition) is 2. The van der Waals surface area contributed by atoms with Crippen LogP contribution in [0.2, 0.25) is 0 Å². The minimum atomic E-state index is 0.0873. The van der Waals surface area contributed by atoms with Crippen molar-refractivity contribution < 1.29 is 4.79 Å². The van der Waals surface area contributed by atoms with Gasteiger partial charge >= 0.3 is 0 Å². The summed E-state index contributed by atoms with van der Waals surface area (Å²) >= 11 is 0. The lowest BCUT2D eigenvalue weighted by Crippen LogP contribution is -2.32. The van der Waals surface area contributed by atoms with E-state index in [4.69, 9.17) is 0 Å². The van der Waals surface area contributed by atoms with Crippen LogP contribution < -0.4 is 0 Å². The number of carbonyl (C=O) groups is 1. The van der Waals surface area contributed by atoms with Gasteiger partial charge in [0.15, 0.2) is 5.78 Å². The summed E-state index contributed by atoms with van der Waals surface area (Å²) in [6, 6.07) is 7.74. The summed E-state index contributed by atoms with van der Waals surface area (Å²) < 4.78 is 0. The Hall–Kier alpha value is -1.41. The first-order valence-corrected chi connectivity index (χ1v) is 6.68. The second kappa shape index (κ2) is 5.96. The maximum atomic E-state index is 12.2. The van der Waals surface area contributed by atoms with Crippen LogP contribution >= 0.6 is 0 Å². The van der Waals surface area contributed by atoms with Crippen molar-refractivity contribution in [1.29, 1.82) is 0 Å². The van der Waals surface area contributed by atoms with E-state index in [1.54, 1.807) is 0 Å². The molecule has 0 unspecified atom stereocenters. The molecule has 0 aromatic heterocycles. The van der Waals surface area contributed by atoms with Gasteiger partial charge in [-0.2, -0.15) is 0 Å². The molecule has 18 heavy (non-hydrogen) atoms. The van der Waals surface area contributed by atoms with Crippen LogP contribution in [0.15, 0.2) is 36.4 Å². The molecule has 1 saturated heterocycles. The zero-order chi connectivity index (χ0) is 13.0. The maximum Gasteiger partial charge on any atom is 0.189 e. The van der Waals surface area contributed by atoms with Gasteiger partial charge in [-0.05, 0) is 38.9 Å². The largest absolute Gasteiger partial charge is 0.299 e. The molecule has 0 radical (unpaired) electrons. The van der Waals surface area contributed by atoms with Crippen LogP contribution in [0, 0.1) is 6.92 Å². The first-order chi connectivity index (χ1) is 8.66. The van der Waals surface area contributed by atoms with Crippen molar-refractivity contribution in [3.63, 3.8) is 0 Å². The molecule has 2 nitrogen and oxygen atoms in total. The van der Waals surface area contributed by atoms with Crippen molar-refractivity contribution in [2.24, 2.45) is 0 Å². The summed E-state index contributed by atoms with van der Waals surface area (Å²) in [6.07, 6.45) is 3.80. The number of ketones is 1. The molecular formula is C16H21NO. The van der Waals surface area contributed by atoms with E-state index in [-0.39, 0.29) is 5.78 Å². The van der Waals surface area contributed by atoms with Crippen LogP contribution in [-0.4, -0.2) is 30.3 Å². The van der Waals surface area contributed by atoms with Gasteiger partial charge < -0.3 is 0 Å². The molecule has 0 atom stereocenters. The SMILES string of the molecule is C=C(CN1CCCCC1)C(=O)c1cccc(C)c1. The lowest BCUT2D eigenvalue weighted by atomic mass is 10.0. The van der Waals surface area contributed by atoms with Gasteiger partial charge in [0, 0.05) is 17.7 Å². The minimum absolute atomic E-state index is 0.0873. The Balaban J connectivity index is 1.98. The summed E-state index contributed by atoms with van der Waals surface area (Å²) in [6.45, 7) is 8.88. The molecule has 96 valence electrons. The summed E-state index contributed by atoms with van der Waals surface area (Å²) in [5.74, 6) is 0.0873. The number of hydrogen-bond donors (Lipinski definition) is 0. The Morgan fingerprint density at radius 2 is 2.00 bits per heavy atom. The van der Waals surface area contributed by atoms with Gasteiger partial charge in [-0.1, -0.05) is 36.8 Å². The van der Waals surface area contributed by atoms with E-state index in [0.29, 0.717) is 12.1 Å². The molecule has 1 aromatic rings. The fourth-order valence-corrected chi connectivity index (χ4v) is 2.45. The topological polar surface area (TPSA) is 20.3 Å². The smallest absolute Gasteiger partial charge is 0.189 e. The number of carbonyl (C=O) groups excluding carboxylic acids is 1. The van der Waals surface area contributed by atoms with Crippen LogP contribution in [0.3, 0.4) is 0 Å². The van der Waals surface area contributed by atoms with Crippen molar-refractivity contribution in [1.82, 2.24) is 4.90 Å². The first kappa shape index (κ1) is 13.0. The highest BCUT2D eigenvalue weighted by Gasteiger charge is 2.16. The van der Waals surface area contributed by atoms with E-state index in [1.807, 2.05) is 31.2 Å². The molecule has 2 rings (SSSR count). The van der Waals surface area contributed by atoms with E-state index in [0.717, 1.165) is 24.2 Å². The molecular weight excluding hydrogens is 222 g/mol. The Bertz CT molecular complexity index is 444. The molecule has 0 spiro atoms. The lowest BCUT2D eigenvalue weighted by Gasteiger charge is -2.26. The Morgan fingerprint density at radius 1 is 1.28 bits per heavy atom. The molecule has 0 N–H and O–H groups in total. The second-order valence-corrected chi connectivity index (χ2v) is 5.14. The van der Waals surface area contributed by atoms with Crippen LogP contribution in [-0.2, 0) is 0 Å². The van der Waals surface area contributed by atoms with Gasteiger partial charge in [0.05, 0.1) is 0 Å². The van der Waals surface area contributed by atoms with Gasteiger partial charge in [0.1, 0.15) is 0 Å². The van der Waals surface area contributed by atoms with Gasteiger partial charge in [-0.25, -0.2) is 0 Å². The van der Waals surface area contributed by atoms with Crippen LogP contribution in [0.5, 0.6) is 0 Å².